The SMILES string of the molecule is CCCC(OC(C)=O)C1OC(P(OCC)OCC)=CC2OC(C)=NC21. The standard InChI is InChI=1S/C17H28NO6P/c1-6-9-13(23-12(5)19)17-16-14(22-11(4)18-16)10-15(24-17)25(20-7-2)21-8-3/h10,13-14,16-17H,6-9H2,1-5H3. The molecule has 0 radical (unpaired) electrons. The predicted molar refractivity (Wildman–Crippen MR) is 95.4 cm³/mol. The lowest BCUT2D eigenvalue weighted by Gasteiger charge is -2.36. The monoisotopic (exact) mass is 373 g/mol. The van der Waals surface area contributed by atoms with Crippen molar-refractivity contribution in [3.8, 4) is 0 Å². The van der Waals surface area contributed by atoms with Gasteiger partial charge in [0.05, 0.1) is 13.2 Å². The number of aliphatic imine (C=N–C) groups is 1. The van der Waals surface area contributed by atoms with Gasteiger partial charge in [-0.2, -0.15) is 0 Å². The zero-order valence-electron chi connectivity index (χ0n) is 15.6. The Morgan fingerprint density at radius 3 is 2.52 bits per heavy atom. The summed E-state index contributed by atoms with van der Waals surface area (Å²) >= 11 is 0. The smallest absolute Gasteiger partial charge is 0.303 e. The number of hydrogen-bond acceptors (Lipinski definition) is 7. The number of esters is 1. The van der Waals surface area contributed by atoms with Crippen molar-refractivity contribution >= 4 is 20.2 Å². The molecule has 0 amide bonds. The molecule has 0 fully saturated rings. The van der Waals surface area contributed by atoms with E-state index in [1.54, 1.807) is 0 Å². The molecule has 25 heavy (non-hydrogen) atoms. The average Bonchev–Trinajstić information content (AvgIpc) is 2.93. The number of fused-ring (bicyclic) bond motifs is 1. The minimum Gasteiger partial charge on any atom is -0.479 e. The van der Waals surface area contributed by atoms with Gasteiger partial charge in [0.2, 0.25) is 8.38 Å². The van der Waals surface area contributed by atoms with E-state index >= 15 is 0 Å². The van der Waals surface area contributed by atoms with Crippen LogP contribution in [0.4, 0.5) is 0 Å². The third kappa shape index (κ3) is 5.16. The molecule has 0 aliphatic carbocycles. The van der Waals surface area contributed by atoms with E-state index in [1.807, 2.05) is 33.8 Å². The summed E-state index contributed by atoms with van der Waals surface area (Å²) in [6.07, 6.45) is 2.37. The van der Waals surface area contributed by atoms with Crippen LogP contribution in [0.1, 0.15) is 47.5 Å². The molecule has 0 aromatic carbocycles. The van der Waals surface area contributed by atoms with Crippen LogP contribution in [0.15, 0.2) is 16.6 Å². The Hall–Kier alpha value is -1.17. The summed E-state index contributed by atoms with van der Waals surface area (Å²) in [4.78, 5) is 16.1. The molecular formula is C17H28NO6P. The molecule has 142 valence electrons. The molecule has 4 unspecified atom stereocenters. The molecule has 2 aliphatic rings. The van der Waals surface area contributed by atoms with Gasteiger partial charge in [-0.3, -0.25) is 4.79 Å². The van der Waals surface area contributed by atoms with Crippen molar-refractivity contribution in [3.63, 3.8) is 0 Å². The van der Waals surface area contributed by atoms with Gasteiger partial charge in [-0.25, -0.2) is 4.99 Å². The van der Waals surface area contributed by atoms with Gasteiger partial charge in [-0.1, -0.05) is 13.3 Å². The number of ether oxygens (including phenoxy) is 3. The number of rotatable bonds is 9. The fraction of sp³-hybridized carbons (Fsp3) is 0.765. The highest BCUT2D eigenvalue weighted by Crippen LogP contribution is 2.51. The van der Waals surface area contributed by atoms with E-state index in [4.69, 9.17) is 23.3 Å². The Morgan fingerprint density at radius 2 is 1.96 bits per heavy atom. The van der Waals surface area contributed by atoms with Crippen LogP contribution in [-0.4, -0.2) is 49.4 Å². The lowest BCUT2D eigenvalue weighted by atomic mass is 9.96. The first-order chi connectivity index (χ1) is 12.0. The zero-order valence-corrected chi connectivity index (χ0v) is 16.5. The van der Waals surface area contributed by atoms with E-state index in [2.05, 4.69) is 4.99 Å². The average molecular weight is 373 g/mol. The van der Waals surface area contributed by atoms with Crippen molar-refractivity contribution in [3.05, 3.63) is 11.6 Å². The highest BCUT2D eigenvalue weighted by atomic mass is 31.2. The molecule has 2 rings (SSSR count). The largest absolute Gasteiger partial charge is 0.479 e. The fourth-order valence-electron chi connectivity index (χ4n) is 2.95. The Labute approximate surface area is 150 Å². The summed E-state index contributed by atoms with van der Waals surface area (Å²) in [7, 11) is -1.33. The van der Waals surface area contributed by atoms with Gasteiger partial charge in [0.15, 0.2) is 17.5 Å². The van der Waals surface area contributed by atoms with Crippen LogP contribution in [0, 0.1) is 0 Å². The first-order valence-electron chi connectivity index (χ1n) is 8.82. The zero-order chi connectivity index (χ0) is 18.4. The minimum atomic E-state index is -1.33. The summed E-state index contributed by atoms with van der Waals surface area (Å²) < 4.78 is 29.0. The highest BCUT2D eigenvalue weighted by molar-refractivity contribution is 7.51. The maximum absolute atomic E-state index is 11.5. The van der Waals surface area contributed by atoms with Crippen LogP contribution in [0.3, 0.4) is 0 Å². The summed E-state index contributed by atoms with van der Waals surface area (Å²) in [6, 6.07) is -0.236. The molecule has 0 aromatic rings. The van der Waals surface area contributed by atoms with Crippen LogP contribution < -0.4 is 0 Å². The van der Waals surface area contributed by atoms with Crippen LogP contribution in [0.25, 0.3) is 0 Å². The second-order valence-electron chi connectivity index (χ2n) is 5.84. The van der Waals surface area contributed by atoms with Crippen LogP contribution in [-0.2, 0) is 28.1 Å². The van der Waals surface area contributed by atoms with E-state index < -0.39 is 20.6 Å². The Bertz CT molecular complexity index is 517. The van der Waals surface area contributed by atoms with Crippen LogP contribution in [0.2, 0.25) is 0 Å². The number of nitrogens with zero attached hydrogens (tertiary/aromatic N) is 1. The molecule has 7 nitrogen and oxygen atoms in total. The van der Waals surface area contributed by atoms with E-state index in [0.29, 0.717) is 31.0 Å². The topological polar surface area (TPSA) is 75.6 Å². The maximum Gasteiger partial charge on any atom is 0.303 e. The van der Waals surface area contributed by atoms with Gasteiger partial charge < -0.3 is 23.3 Å². The predicted octanol–water partition coefficient (Wildman–Crippen LogP) is 3.53. The van der Waals surface area contributed by atoms with E-state index in [-0.39, 0.29) is 18.1 Å². The van der Waals surface area contributed by atoms with E-state index in [9.17, 15) is 4.79 Å². The van der Waals surface area contributed by atoms with Gasteiger partial charge in [0.25, 0.3) is 0 Å². The molecule has 2 heterocycles. The number of carbonyl (C=O) groups excluding carboxylic acids is 1. The normalized spacial score (nSPS) is 26.2. The van der Waals surface area contributed by atoms with Crippen molar-refractivity contribution in [2.45, 2.75) is 71.8 Å². The molecule has 8 heteroatoms. The maximum atomic E-state index is 11.5. The quantitative estimate of drug-likeness (QED) is 0.455. The molecule has 0 bridgehead atoms. The summed E-state index contributed by atoms with van der Waals surface area (Å²) in [5, 5.41) is 0. The molecule has 0 aromatic heterocycles. The molecule has 0 N–H and O–H groups in total. The molecule has 2 aliphatic heterocycles. The second-order valence-corrected chi connectivity index (χ2v) is 7.31. The summed E-state index contributed by atoms with van der Waals surface area (Å²) in [6.45, 7) is 10.1. The van der Waals surface area contributed by atoms with E-state index in [0.717, 1.165) is 6.42 Å². The van der Waals surface area contributed by atoms with Gasteiger partial charge >= 0.3 is 5.97 Å². The first-order valence-corrected chi connectivity index (χ1v) is 10.0. The second kappa shape index (κ2) is 9.51. The van der Waals surface area contributed by atoms with Crippen molar-refractivity contribution in [2.75, 3.05) is 13.2 Å². The molecule has 0 saturated carbocycles. The Balaban J connectivity index is 2.28. The van der Waals surface area contributed by atoms with Gasteiger partial charge in [-0.05, 0) is 20.3 Å². The van der Waals surface area contributed by atoms with Gasteiger partial charge in [0.1, 0.15) is 18.2 Å². The lowest BCUT2D eigenvalue weighted by Crippen LogP contribution is -2.47. The third-order valence-corrected chi connectivity index (χ3v) is 5.40. The van der Waals surface area contributed by atoms with Gasteiger partial charge in [-0.15, -0.1) is 0 Å². The van der Waals surface area contributed by atoms with E-state index in [1.165, 1.54) is 6.92 Å². The minimum absolute atomic E-state index is 0.236. The number of hydrogen-bond donors (Lipinski definition) is 0. The molecule has 0 spiro atoms. The van der Waals surface area contributed by atoms with Crippen molar-refractivity contribution in [1.29, 1.82) is 0 Å². The molecule has 4 atom stereocenters. The Kier molecular flexibility index (Phi) is 7.66. The third-order valence-electron chi connectivity index (χ3n) is 3.80. The van der Waals surface area contributed by atoms with Crippen molar-refractivity contribution in [1.82, 2.24) is 0 Å². The lowest BCUT2D eigenvalue weighted by molar-refractivity contribution is -0.155. The molecular weight excluding hydrogens is 345 g/mol. The van der Waals surface area contributed by atoms with Crippen LogP contribution >= 0.6 is 8.38 Å². The van der Waals surface area contributed by atoms with Gasteiger partial charge in [0, 0.05) is 19.9 Å². The Morgan fingerprint density at radius 1 is 1.28 bits per heavy atom. The first kappa shape index (κ1) is 20.1. The summed E-state index contributed by atoms with van der Waals surface area (Å²) in [5.41, 5.74) is 0.614. The van der Waals surface area contributed by atoms with Crippen LogP contribution in [0.5, 0.6) is 0 Å². The highest BCUT2D eigenvalue weighted by Gasteiger charge is 2.46. The van der Waals surface area contributed by atoms with Crippen molar-refractivity contribution < 1.29 is 28.1 Å². The van der Waals surface area contributed by atoms with Crippen molar-refractivity contribution in [2.24, 2.45) is 4.99 Å². The number of carbonyl (C=O) groups is 1. The fourth-order valence-corrected chi connectivity index (χ4v) is 4.22. The molecule has 0 saturated heterocycles. The summed E-state index contributed by atoms with van der Waals surface area (Å²) in [5.74, 6) is 0.280.